The molecule has 2 atom stereocenters. The Bertz CT molecular complexity index is 1250. The van der Waals surface area contributed by atoms with E-state index in [9.17, 15) is 14.7 Å². The molecule has 1 N–H and O–H groups in total. The number of benzene rings is 2. The van der Waals surface area contributed by atoms with E-state index in [1.54, 1.807) is 35.2 Å². The molecule has 2 heterocycles. The number of hydrogen-bond acceptors (Lipinski definition) is 7. The van der Waals surface area contributed by atoms with Crippen LogP contribution in [0.2, 0.25) is 0 Å². The summed E-state index contributed by atoms with van der Waals surface area (Å²) in [5, 5.41) is 11.5. The first-order valence-corrected chi connectivity index (χ1v) is 13.0. The average molecular weight is 521 g/mol. The molecule has 8 heteroatoms. The van der Waals surface area contributed by atoms with E-state index in [2.05, 4.69) is 6.58 Å². The highest BCUT2D eigenvalue weighted by atomic mass is 16.5. The van der Waals surface area contributed by atoms with Gasteiger partial charge in [-0.3, -0.25) is 9.59 Å². The number of fused-ring (bicyclic) bond motifs is 1. The summed E-state index contributed by atoms with van der Waals surface area (Å²) < 4.78 is 17.4. The van der Waals surface area contributed by atoms with Crippen molar-refractivity contribution in [2.24, 2.45) is 0 Å². The van der Waals surface area contributed by atoms with Crippen molar-refractivity contribution in [1.29, 1.82) is 0 Å². The lowest BCUT2D eigenvalue weighted by atomic mass is 9.94. The molecule has 2 aliphatic heterocycles. The number of rotatable bonds is 11. The molecule has 1 fully saturated rings. The molecule has 0 aromatic heterocycles. The summed E-state index contributed by atoms with van der Waals surface area (Å²) in [6, 6.07) is 9.94. The Kier molecular flexibility index (Phi) is 8.42. The molecule has 0 bridgehead atoms. The number of Topliss-reactive ketones (excluding diaryl/α,β-unsaturated/α-hetero) is 1. The van der Waals surface area contributed by atoms with Crippen molar-refractivity contribution >= 4 is 17.4 Å². The summed E-state index contributed by atoms with van der Waals surface area (Å²) in [6.45, 7) is 9.37. The van der Waals surface area contributed by atoms with Crippen LogP contribution in [0.1, 0.15) is 43.0 Å². The highest BCUT2D eigenvalue weighted by molar-refractivity contribution is 6.46. The van der Waals surface area contributed by atoms with Crippen LogP contribution in [0.3, 0.4) is 0 Å². The van der Waals surface area contributed by atoms with Gasteiger partial charge < -0.3 is 29.1 Å². The SMILES string of the molecule is C=CCOc1ccc(C2/C(=C(\O)c3ccc4c(c3)CC(C)O4)C(=O)C(=O)N2CCCN(C)C)cc1OCC. The van der Waals surface area contributed by atoms with Gasteiger partial charge >= 0.3 is 0 Å². The maximum absolute atomic E-state index is 13.4. The van der Waals surface area contributed by atoms with Crippen LogP contribution >= 0.6 is 0 Å². The smallest absolute Gasteiger partial charge is 0.295 e. The number of carbonyl (C=O) groups excluding carboxylic acids is 2. The lowest BCUT2D eigenvalue weighted by molar-refractivity contribution is -0.139. The number of carbonyl (C=O) groups is 2. The van der Waals surface area contributed by atoms with Crippen molar-refractivity contribution in [2.75, 3.05) is 40.4 Å². The number of ketones is 1. The fourth-order valence-electron chi connectivity index (χ4n) is 4.97. The Balaban J connectivity index is 1.81. The molecule has 2 aliphatic rings. The number of aliphatic hydroxyl groups excluding tert-OH is 1. The average Bonchev–Trinajstić information content (AvgIpc) is 3.38. The van der Waals surface area contributed by atoms with Crippen molar-refractivity contribution in [3.63, 3.8) is 0 Å². The summed E-state index contributed by atoms with van der Waals surface area (Å²) >= 11 is 0. The topological polar surface area (TPSA) is 88.5 Å². The molecule has 0 aliphatic carbocycles. The number of amides is 1. The molecule has 38 heavy (non-hydrogen) atoms. The monoisotopic (exact) mass is 520 g/mol. The Hall–Kier alpha value is -3.78. The minimum absolute atomic E-state index is 0.0449. The van der Waals surface area contributed by atoms with E-state index in [0.29, 0.717) is 55.2 Å². The van der Waals surface area contributed by atoms with Gasteiger partial charge in [0.15, 0.2) is 11.5 Å². The lowest BCUT2D eigenvalue weighted by Crippen LogP contribution is -2.32. The molecule has 2 unspecified atom stereocenters. The molecule has 8 nitrogen and oxygen atoms in total. The first-order chi connectivity index (χ1) is 18.2. The van der Waals surface area contributed by atoms with E-state index < -0.39 is 17.7 Å². The van der Waals surface area contributed by atoms with Gasteiger partial charge in [0.05, 0.1) is 18.2 Å². The lowest BCUT2D eigenvalue weighted by Gasteiger charge is -2.26. The number of aliphatic hydroxyl groups is 1. The molecule has 1 amide bonds. The first kappa shape index (κ1) is 27.3. The number of likely N-dealkylation sites (tertiary alicyclic amines) is 1. The predicted octanol–water partition coefficient (Wildman–Crippen LogP) is 4.35. The van der Waals surface area contributed by atoms with Crippen molar-refractivity contribution in [2.45, 2.75) is 38.8 Å². The molecule has 0 saturated carbocycles. The second-order valence-corrected chi connectivity index (χ2v) is 9.84. The maximum Gasteiger partial charge on any atom is 0.295 e. The number of hydrogen-bond donors (Lipinski definition) is 1. The van der Waals surface area contributed by atoms with Crippen LogP contribution in [0, 0.1) is 0 Å². The first-order valence-electron chi connectivity index (χ1n) is 13.0. The molecule has 0 spiro atoms. The molecular formula is C30H36N2O6. The molecule has 1 saturated heterocycles. The van der Waals surface area contributed by atoms with Gasteiger partial charge in [-0.15, -0.1) is 0 Å². The maximum atomic E-state index is 13.4. The van der Waals surface area contributed by atoms with E-state index in [4.69, 9.17) is 14.2 Å². The van der Waals surface area contributed by atoms with Crippen molar-refractivity contribution < 1.29 is 28.9 Å². The normalized spacial score (nSPS) is 20.0. The Morgan fingerprint density at radius 2 is 1.97 bits per heavy atom. The minimum atomic E-state index is -0.770. The van der Waals surface area contributed by atoms with E-state index in [1.807, 2.05) is 45.0 Å². The van der Waals surface area contributed by atoms with E-state index in [0.717, 1.165) is 17.9 Å². The van der Waals surface area contributed by atoms with Crippen molar-refractivity contribution in [3.8, 4) is 17.2 Å². The fourth-order valence-corrected chi connectivity index (χ4v) is 4.97. The summed E-state index contributed by atoms with van der Waals surface area (Å²) in [5.41, 5.74) is 2.16. The predicted molar refractivity (Wildman–Crippen MR) is 146 cm³/mol. The highest BCUT2D eigenvalue weighted by Crippen LogP contribution is 2.43. The third-order valence-electron chi connectivity index (χ3n) is 6.65. The molecular weight excluding hydrogens is 484 g/mol. The quantitative estimate of drug-likeness (QED) is 0.204. The molecule has 4 rings (SSSR count). The van der Waals surface area contributed by atoms with Gasteiger partial charge in [-0.05, 0) is 82.4 Å². The summed E-state index contributed by atoms with van der Waals surface area (Å²) in [7, 11) is 3.92. The third kappa shape index (κ3) is 5.55. The van der Waals surface area contributed by atoms with Gasteiger partial charge in [0.25, 0.3) is 11.7 Å². The van der Waals surface area contributed by atoms with E-state index in [1.165, 1.54) is 0 Å². The van der Waals surface area contributed by atoms with Crippen LogP contribution in [0.5, 0.6) is 17.2 Å². The number of nitrogens with zero attached hydrogens (tertiary/aromatic N) is 2. The standard InChI is InChI=1S/C30H36N2O6/c1-6-15-37-24-12-9-20(18-25(24)36-7-2)27-26(29(34)30(35)32(27)14-8-13-31(4)5)28(33)21-10-11-23-22(17-21)16-19(3)38-23/h6,9-12,17-19,27,33H,1,7-8,13-16H2,2-5H3/b28-26+. The Morgan fingerprint density at radius 3 is 2.68 bits per heavy atom. The van der Waals surface area contributed by atoms with Crippen LogP contribution in [0.4, 0.5) is 0 Å². The van der Waals surface area contributed by atoms with Crippen LogP contribution in [-0.4, -0.2) is 73.1 Å². The number of ether oxygens (including phenoxy) is 3. The van der Waals surface area contributed by atoms with Crippen LogP contribution in [0.25, 0.3) is 5.76 Å². The van der Waals surface area contributed by atoms with Gasteiger partial charge in [-0.25, -0.2) is 0 Å². The minimum Gasteiger partial charge on any atom is -0.507 e. The third-order valence-corrected chi connectivity index (χ3v) is 6.65. The zero-order valence-electron chi connectivity index (χ0n) is 22.5. The Morgan fingerprint density at radius 1 is 1.18 bits per heavy atom. The van der Waals surface area contributed by atoms with Gasteiger partial charge in [-0.2, -0.15) is 0 Å². The van der Waals surface area contributed by atoms with E-state index in [-0.39, 0.29) is 17.4 Å². The van der Waals surface area contributed by atoms with Crippen LogP contribution in [0.15, 0.2) is 54.6 Å². The zero-order chi connectivity index (χ0) is 27.4. The van der Waals surface area contributed by atoms with Crippen molar-refractivity contribution in [3.05, 3.63) is 71.3 Å². The molecule has 202 valence electrons. The zero-order valence-corrected chi connectivity index (χ0v) is 22.5. The van der Waals surface area contributed by atoms with Gasteiger partial charge in [0.1, 0.15) is 24.2 Å². The van der Waals surface area contributed by atoms with Gasteiger partial charge in [-0.1, -0.05) is 18.7 Å². The van der Waals surface area contributed by atoms with Crippen LogP contribution in [-0.2, 0) is 16.0 Å². The molecule has 2 aromatic carbocycles. The molecule has 2 aromatic rings. The largest absolute Gasteiger partial charge is 0.507 e. The van der Waals surface area contributed by atoms with Crippen LogP contribution < -0.4 is 14.2 Å². The highest BCUT2D eigenvalue weighted by Gasteiger charge is 2.46. The van der Waals surface area contributed by atoms with Crippen molar-refractivity contribution in [1.82, 2.24) is 9.80 Å². The van der Waals surface area contributed by atoms with E-state index >= 15 is 0 Å². The second-order valence-electron chi connectivity index (χ2n) is 9.84. The summed E-state index contributed by atoms with van der Waals surface area (Å²) in [5.74, 6) is 0.273. The summed E-state index contributed by atoms with van der Waals surface area (Å²) in [4.78, 5) is 30.3. The van der Waals surface area contributed by atoms with Gasteiger partial charge in [0, 0.05) is 18.5 Å². The van der Waals surface area contributed by atoms with Gasteiger partial charge in [0.2, 0.25) is 0 Å². The fraction of sp³-hybridized carbons (Fsp3) is 0.400. The summed E-state index contributed by atoms with van der Waals surface area (Å²) in [6.07, 6.45) is 3.07. The Labute approximate surface area is 224 Å². The molecule has 0 radical (unpaired) electrons. The second kappa shape index (κ2) is 11.7.